The van der Waals surface area contributed by atoms with E-state index in [1.807, 2.05) is 48.4 Å². The monoisotopic (exact) mass is 359 g/mol. The first-order chi connectivity index (χ1) is 12.0. The zero-order valence-corrected chi connectivity index (χ0v) is 16.0. The second-order valence-corrected chi connectivity index (χ2v) is 7.57. The van der Waals surface area contributed by atoms with Crippen LogP contribution in [0.3, 0.4) is 0 Å². The van der Waals surface area contributed by atoms with Crippen LogP contribution >= 0.6 is 11.3 Å². The van der Waals surface area contributed by atoms with Crippen molar-refractivity contribution >= 4 is 17.2 Å². The number of nitrogens with one attached hydrogen (secondary N) is 1. The number of amides is 1. The standard InChI is InChI=1S/C19H25N3O2S/c1-12(2)24-16-7-5-15(6-8-16)18-21-17(11-25-18)19(23)22-10-9-20-13(3)14(22)4/h5-8,11-14,20H,9-10H2,1-4H3. The predicted molar refractivity (Wildman–Crippen MR) is 101 cm³/mol. The SMILES string of the molecule is CC(C)Oc1ccc(-c2nc(C(=O)N3CCNC(C)C3C)cs2)cc1. The van der Waals surface area contributed by atoms with Crippen molar-refractivity contribution in [3.8, 4) is 16.3 Å². The van der Waals surface area contributed by atoms with E-state index in [0.29, 0.717) is 11.7 Å². The Bertz CT molecular complexity index is 727. The van der Waals surface area contributed by atoms with Crippen molar-refractivity contribution in [2.75, 3.05) is 13.1 Å². The zero-order chi connectivity index (χ0) is 18.0. The third-order valence-corrected chi connectivity index (χ3v) is 5.38. The van der Waals surface area contributed by atoms with Crippen LogP contribution in [0.4, 0.5) is 0 Å². The van der Waals surface area contributed by atoms with Crippen molar-refractivity contribution in [1.82, 2.24) is 15.2 Å². The van der Waals surface area contributed by atoms with Gasteiger partial charge in [-0.3, -0.25) is 4.79 Å². The minimum Gasteiger partial charge on any atom is -0.491 e. The third kappa shape index (κ3) is 4.02. The summed E-state index contributed by atoms with van der Waals surface area (Å²) < 4.78 is 5.67. The number of nitrogens with zero attached hydrogens (tertiary/aromatic N) is 2. The van der Waals surface area contributed by atoms with Crippen molar-refractivity contribution in [2.45, 2.75) is 45.9 Å². The summed E-state index contributed by atoms with van der Waals surface area (Å²) in [6.07, 6.45) is 0.151. The number of carbonyl (C=O) groups excluding carboxylic acids is 1. The summed E-state index contributed by atoms with van der Waals surface area (Å²) in [5.41, 5.74) is 1.53. The number of hydrogen-bond donors (Lipinski definition) is 1. The van der Waals surface area contributed by atoms with Gasteiger partial charge in [-0.15, -0.1) is 11.3 Å². The fourth-order valence-corrected chi connectivity index (χ4v) is 3.74. The van der Waals surface area contributed by atoms with Gasteiger partial charge in [-0.25, -0.2) is 4.98 Å². The molecule has 0 spiro atoms. The highest BCUT2D eigenvalue weighted by molar-refractivity contribution is 7.13. The first-order valence-electron chi connectivity index (χ1n) is 8.72. The largest absolute Gasteiger partial charge is 0.491 e. The molecule has 3 rings (SSSR count). The summed E-state index contributed by atoms with van der Waals surface area (Å²) in [7, 11) is 0. The molecule has 6 heteroatoms. The van der Waals surface area contributed by atoms with Crippen molar-refractivity contribution in [1.29, 1.82) is 0 Å². The Kier molecular flexibility index (Phi) is 5.39. The Hall–Kier alpha value is -1.92. The van der Waals surface area contributed by atoms with Gasteiger partial charge in [0, 0.05) is 36.1 Å². The number of thiazole rings is 1. The van der Waals surface area contributed by atoms with Gasteiger partial charge < -0.3 is 15.0 Å². The molecule has 1 aliphatic rings. The maximum Gasteiger partial charge on any atom is 0.273 e. The molecule has 2 atom stereocenters. The zero-order valence-electron chi connectivity index (χ0n) is 15.2. The minimum absolute atomic E-state index is 0.0168. The number of aromatic nitrogens is 1. The van der Waals surface area contributed by atoms with Crippen molar-refractivity contribution in [2.24, 2.45) is 0 Å². The third-order valence-electron chi connectivity index (χ3n) is 4.49. The molecule has 1 saturated heterocycles. The van der Waals surface area contributed by atoms with Crippen LogP contribution in [-0.2, 0) is 0 Å². The maximum absolute atomic E-state index is 12.8. The lowest BCUT2D eigenvalue weighted by Crippen LogP contribution is -2.57. The summed E-state index contributed by atoms with van der Waals surface area (Å²) in [4.78, 5) is 19.3. The normalized spacial score (nSPS) is 20.8. The quantitative estimate of drug-likeness (QED) is 0.909. The van der Waals surface area contributed by atoms with Crippen molar-refractivity contribution < 1.29 is 9.53 Å². The van der Waals surface area contributed by atoms with Crippen LogP contribution in [0.15, 0.2) is 29.6 Å². The van der Waals surface area contributed by atoms with Gasteiger partial charge in [0.1, 0.15) is 16.5 Å². The molecule has 0 saturated carbocycles. The van der Waals surface area contributed by atoms with Crippen LogP contribution in [0.25, 0.3) is 10.6 Å². The van der Waals surface area contributed by atoms with Gasteiger partial charge in [0.25, 0.3) is 5.91 Å². The Balaban J connectivity index is 1.74. The molecule has 1 aromatic carbocycles. The van der Waals surface area contributed by atoms with E-state index in [0.717, 1.165) is 29.4 Å². The number of rotatable bonds is 4. The first-order valence-corrected chi connectivity index (χ1v) is 9.60. The van der Waals surface area contributed by atoms with Crippen LogP contribution in [-0.4, -0.2) is 47.1 Å². The number of carbonyl (C=O) groups is 1. The molecule has 134 valence electrons. The molecular formula is C19H25N3O2S. The Morgan fingerprint density at radius 3 is 2.72 bits per heavy atom. The molecular weight excluding hydrogens is 334 g/mol. The number of ether oxygens (including phenoxy) is 1. The molecule has 1 aliphatic heterocycles. The molecule has 1 fully saturated rings. The highest BCUT2D eigenvalue weighted by Gasteiger charge is 2.29. The first kappa shape index (κ1) is 17.9. The van der Waals surface area contributed by atoms with Gasteiger partial charge in [-0.1, -0.05) is 0 Å². The smallest absolute Gasteiger partial charge is 0.273 e. The lowest BCUT2D eigenvalue weighted by atomic mass is 10.1. The average molecular weight is 359 g/mol. The fraction of sp³-hybridized carbons (Fsp3) is 0.474. The highest BCUT2D eigenvalue weighted by atomic mass is 32.1. The van der Waals surface area contributed by atoms with Gasteiger partial charge in [-0.05, 0) is 52.0 Å². The van der Waals surface area contributed by atoms with Gasteiger partial charge in [-0.2, -0.15) is 0 Å². The van der Waals surface area contributed by atoms with E-state index in [-0.39, 0.29) is 18.1 Å². The molecule has 0 radical (unpaired) electrons. The molecule has 1 N–H and O–H groups in total. The van der Waals surface area contributed by atoms with Gasteiger partial charge in [0.05, 0.1) is 6.10 Å². The Labute approximate surface area is 153 Å². The second-order valence-electron chi connectivity index (χ2n) is 6.71. The molecule has 2 aromatic rings. The fourth-order valence-electron chi connectivity index (χ4n) is 2.94. The maximum atomic E-state index is 12.8. The molecule has 2 unspecified atom stereocenters. The molecule has 2 heterocycles. The molecule has 1 aromatic heterocycles. The summed E-state index contributed by atoms with van der Waals surface area (Å²) in [5, 5.41) is 6.11. The number of hydrogen-bond acceptors (Lipinski definition) is 5. The molecule has 0 aliphatic carbocycles. The van der Waals surface area contributed by atoms with Crippen LogP contribution in [0.5, 0.6) is 5.75 Å². The van der Waals surface area contributed by atoms with Crippen LogP contribution < -0.4 is 10.1 Å². The van der Waals surface area contributed by atoms with Crippen molar-refractivity contribution in [3.63, 3.8) is 0 Å². The second kappa shape index (κ2) is 7.54. The predicted octanol–water partition coefficient (Wildman–Crippen LogP) is 3.42. The van der Waals surface area contributed by atoms with Crippen LogP contribution in [0.2, 0.25) is 0 Å². The van der Waals surface area contributed by atoms with E-state index in [4.69, 9.17) is 4.74 Å². The van der Waals surface area contributed by atoms with Gasteiger partial charge >= 0.3 is 0 Å². The van der Waals surface area contributed by atoms with Gasteiger partial charge in [0.2, 0.25) is 0 Å². The van der Waals surface area contributed by atoms with E-state index in [2.05, 4.69) is 24.1 Å². The molecule has 5 nitrogen and oxygen atoms in total. The van der Waals surface area contributed by atoms with E-state index in [9.17, 15) is 4.79 Å². The van der Waals surface area contributed by atoms with Gasteiger partial charge in [0.15, 0.2) is 0 Å². The average Bonchev–Trinajstić information content (AvgIpc) is 3.07. The van der Waals surface area contributed by atoms with E-state index < -0.39 is 0 Å². The molecule has 25 heavy (non-hydrogen) atoms. The molecule has 1 amide bonds. The lowest BCUT2D eigenvalue weighted by molar-refractivity contribution is 0.0598. The summed E-state index contributed by atoms with van der Waals surface area (Å²) in [6, 6.07) is 8.32. The van der Waals surface area contributed by atoms with E-state index >= 15 is 0 Å². The minimum atomic E-state index is 0.0168. The van der Waals surface area contributed by atoms with E-state index in [1.165, 1.54) is 11.3 Å². The number of piperazine rings is 1. The van der Waals surface area contributed by atoms with Crippen molar-refractivity contribution in [3.05, 3.63) is 35.3 Å². The summed E-state index contributed by atoms with van der Waals surface area (Å²) in [5.74, 6) is 0.860. The summed E-state index contributed by atoms with van der Waals surface area (Å²) >= 11 is 1.50. The topological polar surface area (TPSA) is 54.5 Å². The van der Waals surface area contributed by atoms with Crippen LogP contribution in [0.1, 0.15) is 38.2 Å². The molecule has 0 bridgehead atoms. The lowest BCUT2D eigenvalue weighted by Gasteiger charge is -2.38. The van der Waals surface area contributed by atoms with Crippen LogP contribution in [0, 0.1) is 0 Å². The Morgan fingerprint density at radius 2 is 2.04 bits per heavy atom. The number of benzene rings is 1. The van der Waals surface area contributed by atoms with E-state index in [1.54, 1.807) is 0 Å². The summed E-state index contributed by atoms with van der Waals surface area (Å²) in [6.45, 7) is 9.74. The highest BCUT2D eigenvalue weighted by Crippen LogP contribution is 2.27. The Morgan fingerprint density at radius 1 is 1.32 bits per heavy atom.